The van der Waals surface area contributed by atoms with Crippen molar-refractivity contribution >= 4 is 0 Å². The predicted molar refractivity (Wildman–Crippen MR) is 179 cm³/mol. The normalized spacial score (nSPS) is 18.3. The Kier molecular flexibility index (Phi) is 23.5. The van der Waals surface area contributed by atoms with E-state index in [2.05, 4.69) is 69.2 Å². The molecule has 39 heavy (non-hydrogen) atoms. The van der Waals surface area contributed by atoms with Crippen molar-refractivity contribution in [2.75, 3.05) is 0 Å². The summed E-state index contributed by atoms with van der Waals surface area (Å²) in [6.45, 7) is 24.3. The van der Waals surface area contributed by atoms with Gasteiger partial charge in [-0.3, -0.25) is 0 Å². The quantitative estimate of drug-likeness (QED) is 0.0880. The Morgan fingerprint density at radius 3 is 1.10 bits per heavy atom. The van der Waals surface area contributed by atoms with Crippen LogP contribution in [0.15, 0.2) is 0 Å². The minimum Gasteiger partial charge on any atom is -0.369 e. The van der Waals surface area contributed by atoms with Crippen molar-refractivity contribution in [2.24, 2.45) is 23.7 Å². The van der Waals surface area contributed by atoms with Crippen LogP contribution < -0.4 is 0 Å². The van der Waals surface area contributed by atoms with Crippen molar-refractivity contribution in [3.05, 3.63) is 0 Å². The van der Waals surface area contributed by atoms with Gasteiger partial charge in [-0.15, -0.1) is 0 Å². The number of ether oxygens (including phenoxy) is 1. The zero-order valence-corrected chi connectivity index (χ0v) is 29.3. The molecule has 236 valence electrons. The maximum Gasteiger partial charge on any atom is 0.0664 e. The highest BCUT2D eigenvalue weighted by Gasteiger charge is 2.37. The average Bonchev–Trinajstić information content (AvgIpc) is 2.83. The summed E-state index contributed by atoms with van der Waals surface area (Å²) in [6, 6.07) is 0. The molecule has 0 aromatic heterocycles. The molecule has 0 rings (SSSR count). The van der Waals surface area contributed by atoms with Crippen LogP contribution >= 0.6 is 0 Å². The Labute approximate surface area is 249 Å². The fourth-order valence-corrected chi connectivity index (χ4v) is 7.78. The van der Waals surface area contributed by atoms with Crippen molar-refractivity contribution in [2.45, 2.75) is 222 Å². The first-order valence-corrected chi connectivity index (χ1v) is 18.2. The Morgan fingerprint density at radius 2 is 0.769 bits per heavy atom. The van der Waals surface area contributed by atoms with E-state index in [1.165, 1.54) is 141 Å². The number of hydrogen-bond donors (Lipinski definition) is 0. The smallest absolute Gasteiger partial charge is 0.0664 e. The van der Waals surface area contributed by atoms with Crippen LogP contribution in [-0.4, -0.2) is 11.2 Å². The van der Waals surface area contributed by atoms with Gasteiger partial charge in [0.15, 0.2) is 0 Å². The summed E-state index contributed by atoms with van der Waals surface area (Å²) in [5.41, 5.74) is 0.00362. The third kappa shape index (κ3) is 21.3. The highest BCUT2D eigenvalue weighted by Crippen LogP contribution is 2.40. The lowest BCUT2D eigenvalue weighted by Crippen LogP contribution is -2.43. The molecule has 0 aliphatic rings. The lowest BCUT2D eigenvalue weighted by Gasteiger charge is -2.44. The van der Waals surface area contributed by atoms with Crippen molar-refractivity contribution < 1.29 is 4.74 Å². The van der Waals surface area contributed by atoms with Crippen LogP contribution in [0.25, 0.3) is 0 Å². The summed E-state index contributed by atoms with van der Waals surface area (Å²) in [5.74, 6) is 3.13. The van der Waals surface area contributed by atoms with Crippen LogP contribution in [0, 0.1) is 23.7 Å². The SMILES string of the molecule is CCCCCCCCC(C)(CC(C)CC(C)CCC)OC(C)(CCCCCCCC)CC(C)CC(C)CCC. The molecule has 0 aromatic rings. The molecule has 6 atom stereocenters. The molecular weight excluding hydrogens is 472 g/mol. The molecule has 1 heteroatoms. The van der Waals surface area contributed by atoms with Crippen LogP contribution in [-0.2, 0) is 4.74 Å². The summed E-state index contributed by atoms with van der Waals surface area (Å²) < 4.78 is 7.51. The first kappa shape index (κ1) is 39.0. The molecule has 0 aliphatic heterocycles. The van der Waals surface area contributed by atoms with Gasteiger partial charge in [0.05, 0.1) is 11.2 Å². The molecule has 0 N–H and O–H groups in total. The molecule has 0 aromatic carbocycles. The van der Waals surface area contributed by atoms with Crippen LogP contribution in [0.2, 0.25) is 0 Å². The Balaban J connectivity index is 5.55. The molecule has 0 saturated carbocycles. The average molecular weight is 551 g/mol. The van der Waals surface area contributed by atoms with Gasteiger partial charge in [-0.1, -0.05) is 158 Å². The number of hydrogen-bond acceptors (Lipinski definition) is 1. The van der Waals surface area contributed by atoms with Crippen LogP contribution in [0.4, 0.5) is 0 Å². The summed E-state index contributed by atoms with van der Waals surface area (Å²) >= 11 is 0. The van der Waals surface area contributed by atoms with Crippen LogP contribution in [0.5, 0.6) is 0 Å². The van der Waals surface area contributed by atoms with Crippen LogP contribution in [0.1, 0.15) is 210 Å². The Bertz CT molecular complexity index is 483. The monoisotopic (exact) mass is 551 g/mol. The second kappa shape index (κ2) is 23.5. The lowest BCUT2D eigenvalue weighted by atomic mass is 9.80. The van der Waals surface area contributed by atoms with Gasteiger partial charge in [-0.25, -0.2) is 0 Å². The van der Waals surface area contributed by atoms with Gasteiger partial charge in [-0.2, -0.15) is 0 Å². The topological polar surface area (TPSA) is 9.23 Å². The van der Waals surface area contributed by atoms with E-state index < -0.39 is 0 Å². The molecule has 0 radical (unpaired) electrons. The first-order chi connectivity index (χ1) is 18.5. The summed E-state index contributed by atoms with van der Waals surface area (Å²) in [5, 5.41) is 0. The zero-order chi connectivity index (χ0) is 29.6. The molecular formula is C38H78O. The lowest BCUT2D eigenvalue weighted by molar-refractivity contribution is -0.166. The van der Waals surface area contributed by atoms with Gasteiger partial charge < -0.3 is 4.74 Å². The molecule has 0 aliphatic carbocycles. The molecule has 0 amide bonds. The van der Waals surface area contributed by atoms with E-state index in [1.54, 1.807) is 0 Å². The molecule has 0 fully saturated rings. The Morgan fingerprint density at radius 1 is 0.436 bits per heavy atom. The molecule has 6 unspecified atom stereocenters. The predicted octanol–water partition coefficient (Wildman–Crippen LogP) is 13.7. The van der Waals surface area contributed by atoms with Crippen molar-refractivity contribution in [3.63, 3.8) is 0 Å². The summed E-state index contributed by atoms with van der Waals surface area (Å²) in [7, 11) is 0. The van der Waals surface area contributed by atoms with Crippen LogP contribution in [0.3, 0.4) is 0 Å². The maximum atomic E-state index is 7.51. The third-order valence-corrected chi connectivity index (χ3v) is 9.34. The van der Waals surface area contributed by atoms with E-state index in [0.717, 1.165) is 23.7 Å². The van der Waals surface area contributed by atoms with E-state index in [0.29, 0.717) is 0 Å². The highest BCUT2D eigenvalue weighted by molar-refractivity contribution is 4.87. The minimum atomic E-state index is 0.00181. The van der Waals surface area contributed by atoms with Gasteiger partial charge in [0.2, 0.25) is 0 Å². The van der Waals surface area contributed by atoms with Gasteiger partial charge in [-0.05, 0) is 76.0 Å². The second-order valence-corrected chi connectivity index (χ2v) is 14.9. The van der Waals surface area contributed by atoms with Gasteiger partial charge in [0.1, 0.15) is 0 Å². The standard InChI is InChI=1S/C38H78O/c1-11-15-17-19-21-23-27-37(9,31-35(7)29-33(5)25-13-3)39-38(10,28-24-22-20-18-16-12-2)32-36(8)30-34(6)26-14-4/h33-36H,11-32H2,1-10H3. The van der Waals surface area contributed by atoms with Crippen molar-refractivity contribution in [1.82, 2.24) is 0 Å². The van der Waals surface area contributed by atoms with Gasteiger partial charge in [0, 0.05) is 0 Å². The largest absolute Gasteiger partial charge is 0.369 e. The fourth-order valence-electron chi connectivity index (χ4n) is 7.78. The summed E-state index contributed by atoms with van der Waals surface area (Å²) in [4.78, 5) is 0. The van der Waals surface area contributed by atoms with Gasteiger partial charge >= 0.3 is 0 Å². The van der Waals surface area contributed by atoms with Crippen molar-refractivity contribution in [3.8, 4) is 0 Å². The third-order valence-electron chi connectivity index (χ3n) is 9.34. The van der Waals surface area contributed by atoms with Crippen molar-refractivity contribution in [1.29, 1.82) is 0 Å². The molecule has 0 heterocycles. The zero-order valence-electron chi connectivity index (χ0n) is 29.3. The molecule has 1 nitrogen and oxygen atoms in total. The summed E-state index contributed by atoms with van der Waals surface area (Å²) in [6.07, 6.45) is 29.4. The molecule has 0 bridgehead atoms. The number of unbranched alkanes of at least 4 members (excludes halogenated alkanes) is 10. The fraction of sp³-hybridized carbons (Fsp3) is 1.00. The van der Waals surface area contributed by atoms with E-state index in [-0.39, 0.29) is 11.2 Å². The van der Waals surface area contributed by atoms with E-state index in [4.69, 9.17) is 4.74 Å². The minimum absolute atomic E-state index is 0.00181. The Hall–Kier alpha value is -0.0400. The van der Waals surface area contributed by atoms with E-state index in [1.807, 2.05) is 0 Å². The van der Waals surface area contributed by atoms with Gasteiger partial charge in [0.25, 0.3) is 0 Å². The van der Waals surface area contributed by atoms with E-state index >= 15 is 0 Å². The number of rotatable bonds is 28. The second-order valence-electron chi connectivity index (χ2n) is 14.9. The molecule has 0 spiro atoms. The highest BCUT2D eigenvalue weighted by atomic mass is 16.5. The first-order valence-electron chi connectivity index (χ1n) is 18.2. The maximum absolute atomic E-state index is 7.51. The van der Waals surface area contributed by atoms with E-state index in [9.17, 15) is 0 Å². The molecule has 0 saturated heterocycles.